The lowest BCUT2D eigenvalue weighted by Gasteiger charge is -2.31. The molecule has 3 aromatic rings. The van der Waals surface area contributed by atoms with E-state index in [1.54, 1.807) is 26.8 Å². The van der Waals surface area contributed by atoms with Crippen molar-refractivity contribution in [2.45, 2.75) is 45.7 Å². The summed E-state index contributed by atoms with van der Waals surface area (Å²) < 4.78 is 85.9. The highest BCUT2D eigenvalue weighted by atomic mass is 35.5. The number of sulfonamides is 1. The minimum atomic E-state index is -4.68. The maximum atomic E-state index is 13.7. The van der Waals surface area contributed by atoms with Crippen LogP contribution in [0.4, 0.5) is 23.2 Å². The number of aliphatic carboxylic acids is 1. The summed E-state index contributed by atoms with van der Waals surface area (Å²) in [5.41, 5.74) is -0.756. The zero-order valence-electron chi connectivity index (χ0n) is 22.5. The molecule has 0 saturated carbocycles. The van der Waals surface area contributed by atoms with Crippen LogP contribution >= 0.6 is 11.6 Å². The topological polar surface area (TPSA) is 83.9 Å². The van der Waals surface area contributed by atoms with Crippen molar-refractivity contribution >= 4 is 33.3 Å². The van der Waals surface area contributed by atoms with Crippen molar-refractivity contribution in [3.63, 3.8) is 0 Å². The van der Waals surface area contributed by atoms with Crippen LogP contribution in [0.15, 0.2) is 65.6 Å². The lowest BCUT2D eigenvalue weighted by atomic mass is 9.98. The molecule has 3 aromatic carbocycles. The Kier molecular flexibility index (Phi) is 10.6. The normalized spacial score (nSPS) is 13.1. The number of halogens is 5. The average Bonchev–Trinajstić information content (AvgIpc) is 2.90. The molecule has 1 heterocycles. The van der Waals surface area contributed by atoms with E-state index in [4.69, 9.17) is 21.4 Å². The van der Waals surface area contributed by atoms with Crippen LogP contribution < -0.4 is 9.04 Å². The zero-order chi connectivity index (χ0) is 30.5. The molecule has 40 heavy (non-hydrogen) atoms. The Bertz CT molecular complexity index is 1450. The second-order valence-corrected chi connectivity index (χ2v) is 11.6. The van der Waals surface area contributed by atoms with Crippen LogP contribution in [0.1, 0.15) is 40.2 Å². The van der Waals surface area contributed by atoms with Gasteiger partial charge in [0.1, 0.15) is 18.2 Å². The van der Waals surface area contributed by atoms with E-state index in [9.17, 15) is 30.8 Å². The molecule has 0 bridgehead atoms. The van der Waals surface area contributed by atoms with E-state index in [1.807, 2.05) is 13.8 Å². The molecule has 1 N–H and O–H groups in total. The fourth-order valence-electron chi connectivity index (χ4n) is 3.29. The first-order valence-corrected chi connectivity index (χ1v) is 14.0. The van der Waals surface area contributed by atoms with Crippen molar-refractivity contribution in [3.8, 4) is 16.9 Å². The molecule has 1 aliphatic rings. The van der Waals surface area contributed by atoms with Crippen molar-refractivity contribution in [1.29, 1.82) is 0 Å². The highest BCUT2D eigenvalue weighted by molar-refractivity contribution is 7.92. The summed E-state index contributed by atoms with van der Waals surface area (Å²) in [5.74, 6) is -1.05. The number of hydrogen-bond acceptors (Lipinski definition) is 4. The number of rotatable bonds is 3. The molecule has 0 fully saturated rings. The maximum absolute atomic E-state index is 13.7. The first-order valence-electron chi connectivity index (χ1n) is 12.2. The monoisotopic (exact) mass is 603 g/mol. The summed E-state index contributed by atoms with van der Waals surface area (Å²) in [6.07, 6.45) is -4.68. The van der Waals surface area contributed by atoms with Crippen molar-refractivity contribution in [3.05, 3.63) is 77.1 Å². The number of anilines is 1. The Balaban J connectivity index is 0.000000545. The molecule has 6 nitrogen and oxygen atoms in total. The Morgan fingerprint density at radius 3 is 2.20 bits per heavy atom. The molecule has 0 atom stereocenters. The van der Waals surface area contributed by atoms with E-state index in [0.29, 0.717) is 17.2 Å². The number of alkyl halides is 3. The zero-order valence-corrected chi connectivity index (χ0v) is 24.1. The maximum Gasteiger partial charge on any atom is 0.416 e. The SMILES string of the molecule is CC.CC(C)(C)C(=O)O.O=S(=O)(c1cccc(C(F)(F)F)c1)N1CCOc2ccc(-c3cc(F)ccc3Cl)cc21. The number of carbonyl (C=O) groups is 1. The van der Waals surface area contributed by atoms with Crippen molar-refractivity contribution in [1.82, 2.24) is 0 Å². The van der Waals surface area contributed by atoms with Gasteiger partial charge in [0.25, 0.3) is 10.0 Å². The summed E-state index contributed by atoms with van der Waals surface area (Å²) in [5, 5.41) is 8.50. The Hall–Kier alpha value is -3.31. The molecular formula is C28H30ClF4NO5S. The van der Waals surface area contributed by atoms with Gasteiger partial charge in [-0.05, 0) is 74.9 Å². The fraction of sp³-hybridized carbons (Fsp3) is 0.321. The summed E-state index contributed by atoms with van der Waals surface area (Å²) in [6.45, 7) is 8.90. The highest BCUT2D eigenvalue weighted by Gasteiger charge is 2.35. The third kappa shape index (κ3) is 7.88. The average molecular weight is 604 g/mol. The summed E-state index contributed by atoms with van der Waals surface area (Å²) in [4.78, 5) is 9.52. The molecule has 0 unspecified atom stereocenters. The standard InChI is InChI=1S/C21H14ClF4NO3S.C5H10O2.C2H6/c22-18-6-5-15(23)12-17(18)13-4-7-20-19(10-13)27(8-9-30-20)31(28,29)16-3-1-2-14(11-16)21(24,25)26;1-5(2,3)4(6)7;1-2/h1-7,10-12H,8-9H2;1-3H3,(H,6,7);1-2H3. The predicted octanol–water partition coefficient (Wildman–Crippen LogP) is 7.90. The molecular weight excluding hydrogens is 574 g/mol. The van der Waals surface area contributed by atoms with Crippen molar-refractivity contribution in [2.24, 2.45) is 5.41 Å². The summed E-state index contributed by atoms with van der Waals surface area (Å²) in [6, 6.07) is 11.9. The van der Waals surface area contributed by atoms with E-state index < -0.39 is 43.9 Å². The number of fused-ring (bicyclic) bond motifs is 1. The Morgan fingerprint density at radius 2 is 1.62 bits per heavy atom. The molecule has 4 rings (SSSR count). The Labute approximate surface area is 236 Å². The number of hydrogen-bond donors (Lipinski definition) is 1. The Morgan fingerprint density at radius 1 is 1.00 bits per heavy atom. The van der Waals surface area contributed by atoms with Crippen LogP contribution in [0.2, 0.25) is 5.02 Å². The number of carboxylic acid groups (broad SMARTS) is 1. The third-order valence-corrected chi connectivity index (χ3v) is 7.55. The number of nitrogens with zero attached hydrogens (tertiary/aromatic N) is 1. The number of carboxylic acids is 1. The van der Waals surface area contributed by atoms with Gasteiger partial charge in [-0.1, -0.05) is 37.6 Å². The molecule has 0 saturated heterocycles. The van der Waals surface area contributed by atoms with Gasteiger partial charge in [-0.25, -0.2) is 12.8 Å². The largest absolute Gasteiger partial charge is 0.489 e. The molecule has 0 aliphatic carbocycles. The molecule has 0 amide bonds. The van der Waals surface area contributed by atoms with E-state index >= 15 is 0 Å². The quantitative estimate of drug-likeness (QED) is 0.308. The van der Waals surface area contributed by atoms with Gasteiger partial charge in [-0.3, -0.25) is 9.10 Å². The molecule has 0 spiro atoms. The minimum absolute atomic E-state index is 0.0191. The van der Waals surface area contributed by atoms with E-state index in [1.165, 1.54) is 30.3 Å². The van der Waals surface area contributed by atoms with Gasteiger partial charge in [0.05, 0.1) is 28.1 Å². The third-order valence-electron chi connectivity index (χ3n) is 5.41. The van der Waals surface area contributed by atoms with Crippen LogP contribution in [-0.4, -0.2) is 32.6 Å². The second kappa shape index (κ2) is 12.9. The van der Waals surface area contributed by atoms with Crippen LogP contribution in [0.5, 0.6) is 5.75 Å². The first-order chi connectivity index (χ1) is 18.5. The highest BCUT2D eigenvalue weighted by Crippen LogP contribution is 2.40. The second-order valence-electron chi connectivity index (χ2n) is 9.31. The fourth-order valence-corrected chi connectivity index (χ4v) is 5.01. The lowest BCUT2D eigenvalue weighted by molar-refractivity contribution is -0.145. The number of ether oxygens (including phenoxy) is 1. The van der Waals surface area contributed by atoms with Gasteiger partial charge >= 0.3 is 12.1 Å². The molecule has 0 radical (unpaired) electrons. The van der Waals surface area contributed by atoms with Gasteiger partial charge in [-0.15, -0.1) is 0 Å². The van der Waals surface area contributed by atoms with Gasteiger partial charge in [0, 0.05) is 10.6 Å². The predicted molar refractivity (Wildman–Crippen MR) is 147 cm³/mol. The van der Waals surface area contributed by atoms with Gasteiger partial charge < -0.3 is 9.84 Å². The van der Waals surface area contributed by atoms with Gasteiger partial charge in [-0.2, -0.15) is 13.2 Å². The van der Waals surface area contributed by atoms with Crippen LogP contribution in [0, 0.1) is 11.2 Å². The van der Waals surface area contributed by atoms with Gasteiger partial charge in [0.15, 0.2) is 0 Å². The number of benzene rings is 3. The van der Waals surface area contributed by atoms with Crippen LogP contribution in [0.25, 0.3) is 11.1 Å². The minimum Gasteiger partial charge on any atom is -0.489 e. The van der Waals surface area contributed by atoms with Crippen molar-refractivity contribution < 1.29 is 40.6 Å². The molecule has 1 aliphatic heterocycles. The summed E-state index contributed by atoms with van der Waals surface area (Å²) in [7, 11) is -4.33. The van der Waals surface area contributed by atoms with Crippen LogP contribution in [0.3, 0.4) is 0 Å². The van der Waals surface area contributed by atoms with E-state index in [0.717, 1.165) is 22.5 Å². The van der Waals surface area contributed by atoms with Gasteiger partial charge in [0.2, 0.25) is 0 Å². The lowest BCUT2D eigenvalue weighted by Crippen LogP contribution is -2.38. The van der Waals surface area contributed by atoms with E-state index in [-0.39, 0.29) is 29.6 Å². The first kappa shape index (κ1) is 32.9. The molecule has 218 valence electrons. The molecule has 0 aromatic heterocycles. The summed E-state index contributed by atoms with van der Waals surface area (Å²) >= 11 is 6.16. The van der Waals surface area contributed by atoms with Crippen molar-refractivity contribution in [2.75, 3.05) is 17.5 Å². The smallest absolute Gasteiger partial charge is 0.416 e. The van der Waals surface area contributed by atoms with E-state index in [2.05, 4.69) is 0 Å². The molecule has 12 heteroatoms. The van der Waals surface area contributed by atoms with Crippen LogP contribution in [-0.2, 0) is 21.0 Å².